The predicted octanol–water partition coefficient (Wildman–Crippen LogP) is 4.04. The highest BCUT2D eigenvalue weighted by Crippen LogP contribution is 2.69. The van der Waals surface area contributed by atoms with Gasteiger partial charge in [-0.2, -0.15) is 10.2 Å². The molecule has 0 radical (unpaired) electrons. The molecule has 5 rings (SSSR count). The summed E-state index contributed by atoms with van der Waals surface area (Å²) in [6.45, 7) is 5.69. The number of ether oxygens (including phenoxy) is 2. The third-order valence-electron chi connectivity index (χ3n) is 7.74. The molecule has 3 atom stereocenters. The number of benzene rings is 1. The van der Waals surface area contributed by atoms with Gasteiger partial charge < -0.3 is 14.4 Å². The summed E-state index contributed by atoms with van der Waals surface area (Å²) >= 11 is 0. The number of nitrogens with zero attached hydrogens (tertiary/aromatic N) is 3. The largest absolute Gasteiger partial charge is 0.453 e. The van der Waals surface area contributed by atoms with E-state index in [0.717, 1.165) is 24.1 Å². The van der Waals surface area contributed by atoms with Crippen LogP contribution in [0.2, 0.25) is 0 Å². The van der Waals surface area contributed by atoms with E-state index in [-0.39, 0.29) is 34.8 Å². The van der Waals surface area contributed by atoms with Gasteiger partial charge in [0.1, 0.15) is 11.6 Å². The van der Waals surface area contributed by atoms with Crippen LogP contribution in [0.4, 0.5) is 13.6 Å². The molecule has 31 heavy (non-hydrogen) atoms. The Morgan fingerprint density at radius 1 is 1.26 bits per heavy atom. The van der Waals surface area contributed by atoms with Gasteiger partial charge in [0, 0.05) is 12.0 Å². The SMILES string of the molecule is COC(=O)N1CCO[C@H]([C@@]23CC[C@@H](c4cc(-c5c(F)cccc5F)nnc42)C3(C)C)C1. The van der Waals surface area contributed by atoms with Crippen LogP contribution in [-0.2, 0) is 14.9 Å². The first-order chi connectivity index (χ1) is 14.8. The number of morpholine rings is 1. The zero-order valence-electron chi connectivity index (χ0n) is 17.8. The van der Waals surface area contributed by atoms with Gasteiger partial charge in [0.15, 0.2) is 0 Å². The number of carbonyl (C=O) groups is 1. The van der Waals surface area contributed by atoms with E-state index >= 15 is 0 Å². The standard InChI is InChI=1S/C23H25F2N3O3/c1-22(2)14-7-8-23(22,18-12-28(9-10-31-18)21(29)30-3)20-13(14)11-17(26-27-20)19-15(24)5-4-6-16(19)25/h4-6,11,14,18H,7-10,12H2,1-3H3/t14-,18-,23-/m0/s1. The Bertz CT molecular complexity index is 1040. The molecule has 6 nitrogen and oxygen atoms in total. The van der Waals surface area contributed by atoms with Gasteiger partial charge >= 0.3 is 6.09 Å². The maximum atomic E-state index is 14.4. The lowest BCUT2D eigenvalue weighted by Gasteiger charge is -2.47. The lowest BCUT2D eigenvalue weighted by molar-refractivity contribution is -0.0868. The minimum absolute atomic E-state index is 0.154. The molecular weight excluding hydrogens is 404 g/mol. The van der Waals surface area contributed by atoms with Crippen molar-refractivity contribution in [3.63, 3.8) is 0 Å². The molecule has 2 aliphatic carbocycles. The van der Waals surface area contributed by atoms with Gasteiger partial charge in [-0.3, -0.25) is 0 Å². The lowest BCUT2D eigenvalue weighted by atomic mass is 9.64. The second-order valence-corrected chi connectivity index (χ2v) is 9.19. The number of fused-ring (bicyclic) bond motifs is 5. The van der Waals surface area contributed by atoms with Gasteiger partial charge in [-0.25, -0.2) is 13.6 Å². The minimum Gasteiger partial charge on any atom is -0.453 e. The maximum Gasteiger partial charge on any atom is 0.409 e. The average Bonchev–Trinajstić information content (AvgIpc) is 3.14. The second kappa shape index (κ2) is 6.95. The number of methoxy groups -OCH3 is 1. The monoisotopic (exact) mass is 429 g/mol. The number of halogens is 2. The molecule has 2 fully saturated rings. The van der Waals surface area contributed by atoms with Crippen molar-refractivity contribution in [3.05, 3.63) is 47.2 Å². The third kappa shape index (κ3) is 2.67. The van der Waals surface area contributed by atoms with Crippen LogP contribution in [0.5, 0.6) is 0 Å². The Morgan fingerprint density at radius 3 is 2.71 bits per heavy atom. The summed E-state index contributed by atoms with van der Waals surface area (Å²) in [4.78, 5) is 13.8. The quantitative estimate of drug-likeness (QED) is 0.721. The van der Waals surface area contributed by atoms with Gasteiger partial charge in [-0.05, 0) is 47.9 Å². The summed E-state index contributed by atoms with van der Waals surface area (Å²) in [5, 5.41) is 8.78. The highest BCUT2D eigenvalue weighted by Gasteiger charge is 2.67. The second-order valence-electron chi connectivity index (χ2n) is 9.19. The van der Waals surface area contributed by atoms with E-state index in [4.69, 9.17) is 9.47 Å². The average molecular weight is 429 g/mol. The van der Waals surface area contributed by atoms with E-state index in [1.165, 1.54) is 25.3 Å². The van der Waals surface area contributed by atoms with Crippen molar-refractivity contribution in [2.75, 3.05) is 26.8 Å². The molecule has 0 spiro atoms. The molecule has 164 valence electrons. The molecule has 2 aromatic rings. The molecule has 1 saturated heterocycles. The Hall–Kier alpha value is -2.61. The number of rotatable bonds is 2. The first-order valence-corrected chi connectivity index (χ1v) is 10.6. The molecule has 8 heteroatoms. The fourth-order valence-electron chi connectivity index (χ4n) is 6.19. The fraction of sp³-hybridized carbons (Fsp3) is 0.522. The first-order valence-electron chi connectivity index (χ1n) is 10.6. The zero-order chi connectivity index (χ0) is 22.0. The normalized spacial score (nSPS) is 28.5. The highest BCUT2D eigenvalue weighted by molar-refractivity contribution is 5.68. The van der Waals surface area contributed by atoms with Crippen LogP contribution in [0.3, 0.4) is 0 Å². The van der Waals surface area contributed by atoms with Crippen molar-refractivity contribution in [1.29, 1.82) is 0 Å². The summed E-state index contributed by atoms with van der Waals surface area (Å²) in [5.74, 6) is -1.14. The molecule has 0 N–H and O–H groups in total. The van der Waals surface area contributed by atoms with E-state index in [1.807, 2.05) is 0 Å². The molecule has 2 bridgehead atoms. The number of hydrogen-bond acceptors (Lipinski definition) is 5. The van der Waals surface area contributed by atoms with Crippen LogP contribution < -0.4 is 0 Å². The summed E-state index contributed by atoms with van der Waals surface area (Å²) in [6.07, 6.45) is 1.15. The smallest absolute Gasteiger partial charge is 0.409 e. The number of carbonyl (C=O) groups excluding carboxylic acids is 1. The predicted molar refractivity (Wildman–Crippen MR) is 109 cm³/mol. The van der Waals surface area contributed by atoms with Crippen molar-refractivity contribution in [1.82, 2.24) is 15.1 Å². The number of aromatic nitrogens is 2. The molecule has 1 saturated carbocycles. The van der Waals surface area contributed by atoms with E-state index in [1.54, 1.807) is 11.0 Å². The maximum absolute atomic E-state index is 14.4. The van der Waals surface area contributed by atoms with E-state index in [9.17, 15) is 13.6 Å². The fourth-order valence-corrected chi connectivity index (χ4v) is 6.19. The van der Waals surface area contributed by atoms with Crippen molar-refractivity contribution in [2.24, 2.45) is 5.41 Å². The minimum atomic E-state index is -0.657. The Kier molecular flexibility index (Phi) is 4.55. The van der Waals surface area contributed by atoms with Crippen LogP contribution in [-0.4, -0.2) is 54.1 Å². The third-order valence-corrected chi connectivity index (χ3v) is 7.74. The van der Waals surface area contributed by atoms with Crippen LogP contribution in [0, 0.1) is 17.0 Å². The first kappa shape index (κ1) is 20.3. The zero-order valence-corrected chi connectivity index (χ0v) is 17.8. The van der Waals surface area contributed by atoms with Crippen molar-refractivity contribution in [3.8, 4) is 11.3 Å². The van der Waals surface area contributed by atoms with Gasteiger partial charge in [0.25, 0.3) is 0 Å². The van der Waals surface area contributed by atoms with E-state index in [2.05, 4.69) is 24.0 Å². The molecule has 0 unspecified atom stereocenters. The molecule has 1 amide bonds. The van der Waals surface area contributed by atoms with Crippen molar-refractivity contribution in [2.45, 2.75) is 44.1 Å². The van der Waals surface area contributed by atoms with Gasteiger partial charge in [-0.15, -0.1) is 0 Å². The van der Waals surface area contributed by atoms with Crippen molar-refractivity contribution >= 4 is 6.09 Å². The topological polar surface area (TPSA) is 64.5 Å². The highest BCUT2D eigenvalue weighted by atomic mass is 19.1. The molecular formula is C23H25F2N3O3. The van der Waals surface area contributed by atoms with Crippen LogP contribution in [0.15, 0.2) is 24.3 Å². The molecule has 1 aliphatic heterocycles. The number of amides is 1. The lowest BCUT2D eigenvalue weighted by Crippen LogP contribution is -2.57. The molecule has 1 aromatic heterocycles. The molecule has 1 aromatic carbocycles. The Labute approximate surface area is 179 Å². The summed E-state index contributed by atoms with van der Waals surface area (Å²) in [7, 11) is 1.38. The van der Waals surface area contributed by atoms with Crippen LogP contribution >= 0.6 is 0 Å². The molecule has 3 aliphatic rings. The van der Waals surface area contributed by atoms with Gasteiger partial charge in [0.05, 0.1) is 43.3 Å². The van der Waals surface area contributed by atoms with Gasteiger partial charge in [0.2, 0.25) is 0 Å². The van der Waals surface area contributed by atoms with E-state index < -0.39 is 17.0 Å². The van der Waals surface area contributed by atoms with Crippen LogP contribution in [0.1, 0.15) is 43.9 Å². The Balaban J connectivity index is 1.60. The Morgan fingerprint density at radius 2 is 2.00 bits per heavy atom. The van der Waals surface area contributed by atoms with Gasteiger partial charge in [-0.1, -0.05) is 19.9 Å². The summed E-state index contributed by atoms with van der Waals surface area (Å²) < 4.78 is 39.9. The number of hydrogen-bond donors (Lipinski definition) is 0. The van der Waals surface area contributed by atoms with Crippen LogP contribution in [0.25, 0.3) is 11.3 Å². The van der Waals surface area contributed by atoms with E-state index in [0.29, 0.717) is 19.7 Å². The molecule has 2 heterocycles. The summed E-state index contributed by atoms with van der Waals surface area (Å²) in [5.41, 5.74) is 1.21. The summed E-state index contributed by atoms with van der Waals surface area (Å²) in [6, 6.07) is 5.57. The van der Waals surface area contributed by atoms with Crippen molar-refractivity contribution < 1.29 is 23.0 Å².